The molecule has 0 bridgehead atoms. The smallest absolute Gasteiger partial charge is 0.339 e. The fraction of sp³-hybridized carbons (Fsp3) is 0.429. The van der Waals surface area contributed by atoms with Gasteiger partial charge in [-0.2, -0.15) is 0 Å². The molecule has 19 heavy (non-hydrogen) atoms. The van der Waals surface area contributed by atoms with Crippen molar-refractivity contribution in [2.75, 3.05) is 13.7 Å². The van der Waals surface area contributed by atoms with Gasteiger partial charge in [0.25, 0.3) is 0 Å². The molecule has 0 aromatic heterocycles. The predicted molar refractivity (Wildman–Crippen MR) is 68.7 cm³/mol. The van der Waals surface area contributed by atoms with Crippen LogP contribution in [-0.2, 0) is 14.3 Å². The molecule has 0 saturated carbocycles. The Bertz CT molecular complexity index is 486. The average Bonchev–Trinajstić information content (AvgIpc) is 2.67. The third kappa shape index (κ3) is 3.12. The highest BCUT2D eigenvalue weighted by molar-refractivity contribution is 5.94. The Labute approximate surface area is 111 Å². The fourth-order valence-corrected chi connectivity index (χ4v) is 2.17. The van der Waals surface area contributed by atoms with Crippen molar-refractivity contribution in [3.05, 3.63) is 35.4 Å². The first-order valence-corrected chi connectivity index (χ1v) is 6.20. The van der Waals surface area contributed by atoms with Gasteiger partial charge in [-0.3, -0.25) is 4.79 Å². The second kappa shape index (κ2) is 5.84. The topological polar surface area (TPSA) is 64.6 Å². The summed E-state index contributed by atoms with van der Waals surface area (Å²) in [5.41, 5.74) is 1.33. The van der Waals surface area contributed by atoms with Crippen molar-refractivity contribution in [1.29, 1.82) is 0 Å². The molecule has 2 unspecified atom stereocenters. The molecule has 0 radical (unpaired) electrons. The van der Waals surface area contributed by atoms with E-state index in [2.05, 4.69) is 5.32 Å². The number of ether oxygens (including phenoxy) is 2. The van der Waals surface area contributed by atoms with E-state index in [1.807, 2.05) is 19.1 Å². The van der Waals surface area contributed by atoms with Crippen LogP contribution in [0.25, 0.3) is 0 Å². The van der Waals surface area contributed by atoms with Crippen molar-refractivity contribution in [3.63, 3.8) is 0 Å². The number of nitrogens with one attached hydrogen (secondary N) is 1. The molecule has 1 heterocycles. The molecule has 2 rings (SSSR count). The lowest BCUT2D eigenvalue weighted by Gasteiger charge is -2.15. The van der Waals surface area contributed by atoms with E-state index in [0.717, 1.165) is 5.56 Å². The number of methoxy groups -OCH3 is 1. The summed E-state index contributed by atoms with van der Waals surface area (Å²) >= 11 is 0. The van der Waals surface area contributed by atoms with Crippen LogP contribution in [0.4, 0.5) is 0 Å². The molecular weight excluding hydrogens is 246 g/mol. The minimum atomic E-state index is -0.488. The molecular formula is C14H17NO4. The predicted octanol–water partition coefficient (Wildman–Crippen LogP) is 1.44. The first-order chi connectivity index (χ1) is 9.11. The van der Waals surface area contributed by atoms with Crippen LogP contribution in [-0.4, -0.2) is 31.6 Å². The molecule has 0 saturated heterocycles. The first kappa shape index (κ1) is 13.5. The van der Waals surface area contributed by atoms with E-state index >= 15 is 0 Å². The molecule has 1 aliphatic heterocycles. The maximum Gasteiger partial charge on any atom is 0.339 e. The van der Waals surface area contributed by atoms with E-state index in [1.165, 1.54) is 0 Å². The number of benzene rings is 1. The van der Waals surface area contributed by atoms with Crippen molar-refractivity contribution in [1.82, 2.24) is 5.32 Å². The SMILES string of the molecule is COCC(C)NC(=O)CC1OC(=O)c2ccccc21. The van der Waals surface area contributed by atoms with E-state index in [0.29, 0.717) is 12.2 Å². The summed E-state index contributed by atoms with van der Waals surface area (Å²) in [6, 6.07) is 7.08. The molecule has 1 amide bonds. The number of hydrogen-bond donors (Lipinski definition) is 1. The summed E-state index contributed by atoms with van der Waals surface area (Å²) in [4.78, 5) is 23.5. The van der Waals surface area contributed by atoms with Gasteiger partial charge in [-0.05, 0) is 13.0 Å². The normalized spacial score (nSPS) is 18.6. The number of rotatable bonds is 5. The largest absolute Gasteiger partial charge is 0.453 e. The number of amides is 1. The number of cyclic esters (lactones) is 1. The van der Waals surface area contributed by atoms with Crippen LogP contribution in [0, 0.1) is 0 Å². The molecule has 5 nitrogen and oxygen atoms in total. The van der Waals surface area contributed by atoms with Gasteiger partial charge >= 0.3 is 5.97 Å². The zero-order valence-corrected chi connectivity index (χ0v) is 11.0. The Balaban J connectivity index is 1.98. The van der Waals surface area contributed by atoms with Crippen molar-refractivity contribution in [3.8, 4) is 0 Å². The standard InChI is InChI=1S/C14H17NO4/c1-9(8-18-2)15-13(16)7-12-10-5-3-4-6-11(10)14(17)19-12/h3-6,9,12H,7-8H2,1-2H3,(H,15,16). The Kier molecular flexibility index (Phi) is 4.16. The average molecular weight is 263 g/mol. The zero-order valence-electron chi connectivity index (χ0n) is 11.0. The van der Waals surface area contributed by atoms with Crippen LogP contribution in [0.3, 0.4) is 0 Å². The van der Waals surface area contributed by atoms with Crippen LogP contribution < -0.4 is 5.32 Å². The highest BCUT2D eigenvalue weighted by Gasteiger charge is 2.32. The van der Waals surface area contributed by atoms with Crippen molar-refractivity contribution >= 4 is 11.9 Å². The van der Waals surface area contributed by atoms with Crippen molar-refractivity contribution in [2.45, 2.75) is 25.5 Å². The van der Waals surface area contributed by atoms with Crippen molar-refractivity contribution in [2.24, 2.45) is 0 Å². The quantitative estimate of drug-likeness (QED) is 0.816. The van der Waals surface area contributed by atoms with E-state index in [1.54, 1.807) is 19.2 Å². The minimum absolute atomic E-state index is 0.0650. The van der Waals surface area contributed by atoms with E-state index in [4.69, 9.17) is 9.47 Å². The van der Waals surface area contributed by atoms with Gasteiger partial charge in [0.05, 0.1) is 18.6 Å². The Morgan fingerprint density at radius 2 is 2.21 bits per heavy atom. The highest BCUT2D eigenvalue weighted by atomic mass is 16.5. The molecule has 0 aliphatic carbocycles. The second-order valence-electron chi connectivity index (χ2n) is 4.61. The minimum Gasteiger partial charge on any atom is -0.453 e. The Morgan fingerprint density at radius 3 is 2.95 bits per heavy atom. The van der Waals surface area contributed by atoms with Crippen molar-refractivity contribution < 1.29 is 19.1 Å². The molecule has 2 atom stereocenters. The summed E-state index contributed by atoms with van der Waals surface area (Å²) < 4.78 is 10.2. The summed E-state index contributed by atoms with van der Waals surface area (Å²) in [6.07, 6.45) is -0.352. The third-order valence-corrected chi connectivity index (χ3v) is 2.97. The Hall–Kier alpha value is -1.88. The van der Waals surface area contributed by atoms with E-state index in [9.17, 15) is 9.59 Å². The third-order valence-electron chi connectivity index (χ3n) is 2.97. The van der Waals surface area contributed by atoms with Crippen LogP contribution in [0.1, 0.15) is 35.4 Å². The van der Waals surface area contributed by atoms with Gasteiger partial charge in [0, 0.05) is 18.7 Å². The summed E-state index contributed by atoms with van der Waals surface area (Å²) in [7, 11) is 1.58. The number of carbonyl (C=O) groups excluding carboxylic acids is 2. The molecule has 0 fully saturated rings. The van der Waals surface area contributed by atoms with Crippen LogP contribution in [0.15, 0.2) is 24.3 Å². The maximum atomic E-state index is 11.8. The van der Waals surface area contributed by atoms with E-state index < -0.39 is 6.10 Å². The number of esters is 1. The lowest BCUT2D eigenvalue weighted by molar-refractivity contribution is -0.123. The second-order valence-corrected chi connectivity index (χ2v) is 4.61. The summed E-state index contributed by atoms with van der Waals surface area (Å²) in [5, 5.41) is 2.80. The number of hydrogen-bond acceptors (Lipinski definition) is 4. The van der Waals surface area contributed by atoms with Gasteiger partial charge in [0.15, 0.2) is 0 Å². The molecule has 102 valence electrons. The van der Waals surface area contributed by atoms with Gasteiger partial charge in [0.2, 0.25) is 5.91 Å². The van der Waals surface area contributed by atoms with E-state index in [-0.39, 0.29) is 24.3 Å². The first-order valence-electron chi connectivity index (χ1n) is 6.20. The lowest BCUT2D eigenvalue weighted by atomic mass is 10.0. The van der Waals surface area contributed by atoms with Gasteiger partial charge < -0.3 is 14.8 Å². The van der Waals surface area contributed by atoms with Gasteiger partial charge in [-0.25, -0.2) is 4.79 Å². The molecule has 0 spiro atoms. The lowest BCUT2D eigenvalue weighted by Crippen LogP contribution is -2.36. The van der Waals surface area contributed by atoms with Crippen LogP contribution in [0.2, 0.25) is 0 Å². The number of carbonyl (C=O) groups is 2. The molecule has 1 N–H and O–H groups in total. The van der Waals surface area contributed by atoms with Gasteiger partial charge in [-0.15, -0.1) is 0 Å². The molecule has 5 heteroatoms. The van der Waals surface area contributed by atoms with Gasteiger partial charge in [-0.1, -0.05) is 18.2 Å². The zero-order chi connectivity index (χ0) is 13.8. The fourth-order valence-electron chi connectivity index (χ4n) is 2.17. The Morgan fingerprint density at radius 1 is 1.47 bits per heavy atom. The van der Waals surface area contributed by atoms with Crippen LogP contribution >= 0.6 is 0 Å². The highest BCUT2D eigenvalue weighted by Crippen LogP contribution is 2.32. The maximum absolute atomic E-state index is 11.8. The monoisotopic (exact) mass is 263 g/mol. The summed E-state index contributed by atoms with van der Waals surface area (Å²) in [5.74, 6) is -0.516. The van der Waals surface area contributed by atoms with Crippen LogP contribution in [0.5, 0.6) is 0 Å². The molecule has 1 aromatic rings. The molecule has 1 aliphatic rings. The summed E-state index contributed by atoms with van der Waals surface area (Å²) in [6.45, 7) is 2.31. The number of fused-ring (bicyclic) bond motifs is 1. The molecule has 1 aromatic carbocycles. The van der Waals surface area contributed by atoms with Gasteiger partial charge in [0.1, 0.15) is 6.10 Å².